The first-order valence-electron chi connectivity index (χ1n) is 9.72. The van der Waals surface area contributed by atoms with Gasteiger partial charge in [0.05, 0.1) is 18.5 Å². The molecule has 0 saturated heterocycles. The van der Waals surface area contributed by atoms with Crippen molar-refractivity contribution in [2.75, 3.05) is 12.4 Å². The van der Waals surface area contributed by atoms with Gasteiger partial charge in [-0.2, -0.15) is 5.10 Å². The molecule has 0 aliphatic rings. The molecule has 2 N–H and O–H groups in total. The zero-order valence-corrected chi connectivity index (χ0v) is 17.6. The number of hydrogen-bond donors (Lipinski definition) is 2. The highest BCUT2D eigenvalue weighted by atomic mass is 19.1. The molecule has 3 aromatic carbocycles. The normalized spacial score (nSPS) is 10.9. The number of nitrogens with one attached hydrogen (secondary N) is 2. The molecule has 0 aromatic heterocycles. The Bertz CT molecular complexity index is 1110. The molecular formula is C24H22FN3O4. The Labute approximate surface area is 184 Å². The van der Waals surface area contributed by atoms with E-state index in [2.05, 4.69) is 15.8 Å². The molecule has 7 nitrogen and oxygen atoms in total. The van der Waals surface area contributed by atoms with Crippen LogP contribution in [0.1, 0.15) is 18.1 Å². The number of hydrogen-bond acceptors (Lipinski definition) is 5. The zero-order valence-electron chi connectivity index (χ0n) is 17.6. The van der Waals surface area contributed by atoms with E-state index in [0.717, 1.165) is 11.1 Å². The lowest BCUT2D eigenvalue weighted by Crippen LogP contribution is -2.33. The summed E-state index contributed by atoms with van der Waals surface area (Å²) < 4.78 is 23.8. The average molecular weight is 435 g/mol. The zero-order chi connectivity index (χ0) is 22.9. The molecule has 0 saturated carbocycles. The first-order chi connectivity index (χ1) is 15.5. The van der Waals surface area contributed by atoms with Crippen LogP contribution in [-0.2, 0) is 16.2 Å². The Hall–Kier alpha value is -4.20. The first-order valence-corrected chi connectivity index (χ1v) is 9.72. The third kappa shape index (κ3) is 6.15. The fourth-order valence-electron chi connectivity index (χ4n) is 2.72. The first kappa shape index (κ1) is 22.5. The Kier molecular flexibility index (Phi) is 7.53. The average Bonchev–Trinajstić information content (AvgIpc) is 2.82. The van der Waals surface area contributed by atoms with E-state index in [9.17, 15) is 14.0 Å². The molecule has 0 heterocycles. The van der Waals surface area contributed by atoms with Gasteiger partial charge in [0.25, 0.3) is 0 Å². The molecular weight excluding hydrogens is 413 g/mol. The van der Waals surface area contributed by atoms with Crippen molar-refractivity contribution in [3.8, 4) is 11.5 Å². The fourth-order valence-corrected chi connectivity index (χ4v) is 2.72. The highest BCUT2D eigenvalue weighted by molar-refractivity contribution is 6.39. The van der Waals surface area contributed by atoms with Crippen LogP contribution in [0.3, 0.4) is 0 Å². The van der Waals surface area contributed by atoms with Crippen molar-refractivity contribution >= 4 is 23.2 Å². The van der Waals surface area contributed by atoms with E-state index in [1.807, 2.05) is 0 Å². The minimum Gasteiger partial charge on any atom is -0.495 e. The van der Waals surface area contributed by atoms with E-state index in [1.165, 1.54) is 19.2 Å². The number of methoxy groups -OCH3 is 1. The monoisotopic (exact) mass is 435 g/mol. The van der Waals surface area contributed by atoms with Crippen LogP contribution in [0.2, 0.25) is 0 Å². The number of anilines is 1. The molecule has 3 aromatic rings. The Morgan fingerprint density at radius 1 is 0.938 bits per heavy atom. The second-order valence-electron chi connectivity index (χ2n) is 6.73. The summed E-state index contributed by atoms with van der Waals surface area (Å²) >= 11 is 0. The summed E-state index contributed by atoms with van der Waals surface area (Å²) in [5.74, 6) is -0.997. The molecule has 0 unspecified atom stereocenters. The van der Waals surface area contributed by atoms with Crippen molar-refractivity contribution in [3.63, 3.8) is 0 Å². The Balaban J connectivity index is 1.54. The Morgan fingerprint density at radius 3 is 2.31 bits per heavy atom. The summed E-state index contributed by atoms with van der Waals surface area (Å²) in [6.45, 7) is 2.01. The van der Waals surface area contributed by atoms with E-state index in [4.69, 9.17) is 9.47 Å². The van der Waals surface area contributed by atoms with Gasteiger partial charge in [0.1, 0.15) is 23.9 Å². The largest absolute Gasteiger partial charge is 0.495 e. The summed E-state index contributed by atoms with van der Waals surface area (Å²) in [5.41, 5.74) is 4.72. The molecule has 32 heavy (non-hydrogen) atoms. The van der Waals surface area contributed by atoms with Gasteiger partial charge in [-0.1, -0.05) is 24.3 Å². The summed E-state index contributed by atoms with van der Waals surface area (Å²) in [7, 11) is 1.47. The van der Waals surface area contributed by atoms with Crippen molar-refractivity contribution in [2.45, 2.75) is 13.5 Å². The van der Waals surface area contributed by atoms with Gasteiger partial charge in [-0.25, -0.2) is 9.82 Å². The second kappa shape index (κ2) is 10.7. The number of rotatable bonds is 7. The van der Waals surface area contributed by atoms with Crippen molar-refractivity contribution in [3.05, 3.63) is 89.7 Å². The van der Waals surface area contributed by atoms with Crippen molar-refractivity contribution in [1.82, 2.24) is 5.43 Å². The molecule has 164 valence electrons. The van der Waals surface area contributed by atoms with Gasteiger partial charge in [-0.05, 0) is 66.6 Å². The quantitative estimate of drug-likeness (QED) is 0.335. The van der Waals surface area contributed by atoms with E-state index in [-0.39, 0.29) is 5.82 Å². The lowest BCUT2D eigenvalue weighted by atomic mass is 10.1. The molecule has 0 radical (unpaired) electrons. The number of hydrazone groups is 1. The predicted octanol–water partition coefficient (Wildman–Crippen LogP) is 3.89. The van der Waals surface area contributed by atoms with E-state index >= 15 is 0 Å². The topological polar surface area (TPSA) is 89.0 Å². The third-order valence-corrected chi connectivity index (χ3v) is 4.48. The van der Waals surface area contributed by atoms with E-state index in [1.54, 1.807) is 67.6 Å². The van der Waals surface area contributed by atoms with Gasteiger partial charge >= 0.3 is 11.8 Å². The maximum atomic E-state index is 13.0. The van der Waals surface area contributed by atoms with Crippen LogP contribution in [0, 0.1) is 5.82 Å². The van der Waals surface area contributed by atoms with Crippen LogP contribution in [0.15, 0.2) is 77.9 Å². The number of ether oxygens (including phenoxy) is 2. The number of halogens is 1. The van der Waals surface area contributed by atoms with Crippen LogP contribution in [0.5, 0.6) is 11.5 Å². The van der Waals surface area contributed by atoms with Gasteiger partial charge < -0.3 is 14.8 Å². The summed E-state index contributed by atoms with van der Waals surface area (Å²) in [4.78, 5) is 24.2. The lowest BCUT2D eigenvalue weighted by molar-refractivity contribution is -0.136. The molecule has 8 heteroatoms. The Morgan fingerprint density at radius 2 is 1.62 bits per heavy atom. The minimum absolute atomic E-state index is 0.294. The summed E-state index contributed by atoms with van der Waals surface area (Å²) in [6.07, 6.45) is 0. The van der Waals surface area contributed by atoms with Gasteiger partial charge in [-0.3, -0.25) is 9.59 Å². The highest BCUT2D eigenvalue weighted by Crippen LogP contribution is 2.22. The smallest absolute Gasteiger partial charge is 0.329 e. The number of para-hydroxylation sites is 2. The van der Waals surface area contributed by atoms with Crippen molar-refractivity contribution < 1.29 is 23.5 Å². The molecule has 0 aliphatic heterocycles. The van der Waals surface area contributed by atoms with Gasteiger partial charge in [-0.15, -0.1) is 0 Å². The maximum Gasteiger partial charge on any atom is 0.329 e. The van der Waals surface area contributed by atoms with Gasteiger partial charge in [0.2, 0.25) is 0 Å². The maximum absolute atomic E-state index is 13.0. The standard InChI is InChI=1S/C24H22FN3O4/c1-16(27-28-24(30)23(29)26-21-5-3-4-6-22(21)31-2)18-9-13-20(14-10-18)32-15-17-7-11-19(25)12-8-17/h3-14H,15H2,1-2H3,(H,26,29)(H,28,30)/b27-16+. The van der Waals surface area contributed by atoms with Gasteiger partial charge in [0.15, 0.2) is 0 Å². The summed E-state index contributed by atoms with van der Waals surface area (Å²) in [6, 6.07) is 19.9. The second-order valence-corrected chi connectivity index (χ2v) is 6.73. The number of amides is 2. The molecule has 0 bridgehead atoms. The van der Waals surface area contributed by atoms with Crippen LogP contribution < -0.4 is 20.2 Å². The molecule has 0 aliphatic carbocycles. The van der Waals surface area contributed by atoms with E-state index < -0.39 is 11.8 Å². The van der Waals surface area contributed by atoms with Crippen molar-refractivity contribution in [2.24, 2.45) is 5.10 Å². The van der Waals surface area contributed by atoms with Crippen LogP contribution in [0.4, 0.5) is 10.1 Å². The highest BCUT2D eigenvalue weighted by Gasteiger charge is 2.15. The SMILES string of the molecule is COc1ccccc1NC(=O)C(=O)N/N=C(\C)c1ccc(OCc2ccc(F)cc2)cc1. The lowest BCUT2D eigenvalue weighted by Gasteiger charge is -2.09. The predicted molar refractivity (Wildman–Crippen MR) is 119 cm³/mol. The molecule has 0 fully saturated rings. The van der Waals surface area contributed by atoms with Gasteiger partial charge in [0, 0.05) is 0 Å². The molecule has 0 atom stereocenters. The fraction of sp³-hybridized carbons (Fsp3) is 0.125. The van der Waals surface area contributed by atoms with Crippen LogP contribution in [0.25, 0.3) is 0 Å². The number of carbonyl (C=O) groups excluding carboxylic acids is 2. The number of carbonyl (C=O) groups is 2. The minimum atomic E-state index is -0.908. The number of benzene rings is 3. The summed E-state index contributed by atoms with van der Waals surface area (Å²) in [5, 5.41) is 6.46. The molecule has 0 spiro atoms. The van der Waals surface area contributed by atoms with Crippen LogP contribution in [-0.4, -0.2) is 24.6 Å². The number of nitrogens with zero attached hydrogens (tertiary/aromatic N) is 1. The van der Waals surface area contributed by atoms with Crippen LogP contribution >= 0.6 is 0 Å². The molecule has 3 rings (SSSR count). The van der Waals surface area contributed by atoms with E-state index in [0.29, 0.717) is 29.5 Å². The molecule has 2 amide bonds. The van der Waals surface area contributed by atoms with Crippen molar-refractivity contribution in [1.29, 1.82) is 0 Å². The third-order valence-electron chi connectivity index (χ3n) is 4.48.